The fourth-order valence-corrected chi connectivity index (χ4v) is 1.88. The number of nitriles is 1. The van der Waals surface area contributed by atoms with E-state index in [1.165, 1.54) is 0 Å². The predicted molar refractivity (Wildman–Crippen MR) is 55.3 cm³/mol. The summed E-state index contributed by atoms with van der Waals surface area (Å²) in [5, 5.41) is 8.92. The molecule has 1 aromatic heterocycles. The first-order valence-corrected chi connectivity index (χ1v) is 5.04. The summed E-state index contributed by atoms with van der Waals surface area (Å²) in [6.07, 6.45) is 3.89. The zero-order valence-electron chi connectivity index (χ0n) is 8.36. The van der Waals surface area contributed by atoms with Gasteiger partial charge in [0.2, 0.25) is 0 Å². The smallest absolute Gasteiger partial charge is 0.118 e. The Hall–Kier alpha value is -1.63. The first-order chi connectivity index (χ1) is 7.31. The molecule has 78 valence electrons. The third kappa shape index (κ3) is 2.07. The van der Waals surface area contributed by atoms with Gasteiger partial charge >= 0.3 is 0 Å². The van der Waals surface area contributed by atoms with Gasteiger partial charge in [-0.1, -0.05) is 0 Å². The predicted octanol–water partition coefficient (Wildman–Crippen LogP) is 1.89. The summed E-state index contributed by atoms with van der Waals surface area (Å²) in [6, 6.07) is 3.77. The van der Waals surface area contributed by atoms with Crippen LogP contribution in [0.5, 0.6) is 0 Å². The topological polar surface area (TPSA) is 39.9 Å². The van der Waals surface area contributed by atoms with E-state index in [0.717, 1.165) is 18.7 Å². The molecule has 2 heterocycles. The maximum Gasteiger partial charge on any atom is 0.118 e. The molecular weight excluding hydrogens is 193 g/mol. The first-order valence-electron chi connectivity index (χ1n) is 5.04. The number of pyridine rings is 1. The molecule has 1 saturated heterocycles. The molecule has 0 bridgehead atoms. The lowest BCUT2D eigenvalue weighted by molar-refractivity contribution is 0.286. The number of hydrogen-bond acceptors (Lipinski definition) is 3. The van der Waals surface area contributed by atoms with E-state index in [1.807, 2.05) is 4.90 Å². The van der Waals surface area contributed by atoms with E-state index in [1.54, 1.807) is 18.5 Å². The summed E-state index contributed by atoms with van der Waals surface area (Å²) in [7, 11) is 0. The molecule has 0 N–H and O–H groups in total. The number of hydrogen-bond donors (Lipinski definition) is 0. The first kappa shape index (κ1) is 9.91. The molecule has 0 saturated carbocycles. The number of rotatable bonds is 1. The molecule has 0 amide bonds. The highest BCUT2D eigenvalue weighted by atomic mass is 19.1. The second kappa shape index (κ2) is 4.26. The molecule has 0 aromatic carbocycles. The van der Waals surface area contributed by atoms with Crippen molar-refractivity contribution in [3.05, 3.63) is 24.0 Å². The molecule has 1 aromatic rings. The molecule has 3 nitrogen and oxygen atoms in total. The van der Waals surface area contributed by atoms with E-state index in [9.17, 15) is 4.39 Å². The Bertz CT molecular complexity index is 386. The van der Waals surface area contributed by atoms with Crippen molar-refractivity contribution in [1.82, 2.24) is 4.98 Å². The Balaban J connectivity index is 2.25. The van der Waals surface area contributed by atoms with Crippen molar-refractivity contribution < 1.29 is 4.39 Å². The molecule has 1 aliphatic heterocycles. The number of anilines is 1. The quantitative estimate of drug-likeness (QED) is 0.702. The molecule has 4 heteroatoms. The second-order valence-corrected chi connectivity index (χ2v) is 3.69. The molecule has 1 fully saturated rings. The van der Waals surface area contributed by atoms with Gasteiger partial charge in [0.25, 0.3) is 0 Å². The van der Waals surface area contributed by atoms with Crippen molar-refractivity contribution in [1.29, 1.82) is 5.26 Å². The van der Waals surface area contributed by atoms with Crippen molar-refractivity contribution in [2.45, 2.75) is 19.0 Å². The van der Waals surface area contributed by atoms with Gasteiger partial charge in [0.05, 0.1) is 17.4 Å². The highest BCUT2D eigenvalue weighted by Crippen LogP contribution is 2.23. The van der Waals surface area contributed by atoms with Gasteiger partial charge < -0.3 is 4.90 Å². The molecule has 0 spiro atoms. The minimum atomic E-state index is -0.787. The third-order valence-electron chi connectivity index (χ3n) is 2.63. The largest absolute Gasteiger partial charge is 0.366 e. The van der Waals surface area contributed by atoms with Crippen LogP contribution in [-0.4, -0.2) is 24.2 Å². The van der Waals surface area contributed by atoms with Gasteiger partial charge in [-0.15, -0.1) is 0 Å². The molecule has 0 radical (unpaired) electrons. The summed E-state index contributed by atoms with van der Waals surface area (Å²) in [4.78, 5) is 5.88. The summed E-state index contributed by atoms with van der Waals surface area (Å²) in [5.41, 5.74) is 1.32. The lowest BCUT2D eigenvalue weighted by Crippen LogP contribution is -2.36. The van der Waals surface area contributed by atoms with Crippen molar-refractivity contribution >= 4 is 5.69 Å². The summed E-state index contributed by atoms with van der Waals surface area (Å²) in [6.45, 7) is 1.18. The highest BCUT2D eigenvalue weighted by molar-refractivity contribution is 5.57. The van der Waals surface area contributed by atoms with E-state index in [0.29, 0.717) is 18.5 Å². The Morgan fingerprint density at radius 2 is 2.47 bits per heavy atom. The standard InChI is InChI=1S/C11H12FN3/c12-10-2-1-5-15(8-10)11-7-14-4-3-9(11)6-13/h3-4,7,10H,1-2,5,8H2/t10-/m0/s1. The van der Waals surface area contributed by atoms with Gasteiger partial charge in [0, 0.05) is 19.3 Å². The van der Waals surface area contributed by atoms with Crippen LogP contribution in [0.15, 0.2) is 18.5 Å². The Morgan fingerprint density at radius 3 is 3.20 bits per heavy atom. The van der Waals surface area contributed by atoms with Crippen LogP contribution in [0.2, 0.25) is 0 Å². The van der Waals surface area contributed by atoms with Crippen LogP contribution in [0.4, 0.5) is 10.1 Å². The van der Waals surface area contributed by atoms with Crippen molar-refractivity contribution in [2.75, 3.05) is 18.0 Å². The fourth-order valence-electron chi connectivity index (χ4n) is 1.88. The van der Waals surface area contributed by atoms with Crippen LogP contribution < -0.4 is 4.90 Å². The summed E-state index contributed by atoms with van der Waals surface area (Å²) < 4.78 is 13.2. The minimum absolute atomic E-state index is 0.375. The molecule has 15 heavy (non-hydrogen) atoms. The maximum absolute atomic E-state index is 13.2. The minimum Gasteiger partial charge on any atom is -0.366 e. The van der Waals surface area contributed by atoms with Crippen molar-refractivity contribution in [2.24, 2.45) is 0 Å². The van der Waals surface area contributed by atoms with Crippen molar-refractivity contribution in [3.8, 4) is 6.07 Å². The van der Waals surface area contributed by atoms with E-state index < -0.39 is 6.17 Å². The monoisotopic (exact) mass is 205 g/mol. The van der Waals surface area contributed by atoms with Crippen LogP contribution in [0.1, 0.15) is 18.4 Å². The fraction of sp³-hybridized carbons (Fsp3) is 0.455. The van der Waals surface area contributed by atoms with Gasteiger partial charge in [-0.25, -0.2) is 4.39 Å². The summed E-state index contributed by atoms with van der Waals surface area (Å²) >= 11 is 0. The average Bonchev–Trinajstić information content (AvgIpc) is 2.29. The van der Waals surface area contributed by atoms with Gasteiger partial charge in [-0.05, 0) is 18.9 Å². The Labute approximate surface area is 88.2 Å². The third-order valence-corrected chi connectivity index (χ3v) is 2.63. The van der Waals surface area contributed by atoms with Gasteiger partial charge in [0.1, 0.15) is 12.2 Å². The number of aromatic nitrogens is 1. The molecule has 0 aliphatic carbocycles. The van der Waals surface area contributed by atoms with Gasteiger partial charge in [-0.2, -0.15) is 5.26 Å². The molecule has 1 atom stereocenters. The Morgan fingerprint density at radius 1 is 1.60 bits per heavy atom. The number of alkyl halides is 1. The van der Waals surface area contributed by atoms with E-state index >= 15 is 0 Å². The number of halogens is 1. The van der Waals surface area contributed by atoms with Gasteiger partial charge in [0.15, 0.2) is 0 Å². The van der Waals surface area contributed by atoms with Crippen LogP contribution >= 0.6 is 0 Å². The van der Waals surface area contributed by atoms with Crippen LogP contribution in [0.3, 0.4) is 0 Å². The lowest BCUT2D eigenvalue weighted by atomic mass is 10.1. The maximum atomic E-state index is 13.2. The van der Waals surface area contributed by atoms with Crippen molar-refractivity contribution in [3.63, 3.8) is 0 Å². The summed E-state index contributed by atoms with van der Waals surface area (Å²) in [5.74, 6) is 0. The number of piperidine rings is 1. The van der Waals surface area contributed by atoms with Gasteiger partial charge in [-0.3, -0.25) is 4.98 Å². The van der Waals surface area contributed by atoms with E-state index in [-0.39, 0.29) is 0 Å². The number of nitrogens with zero attached hydrogens (tertiary/aromatic N) is 3. The zero-order chi connectivity index (χ0) is 10.7. The molecule has 0 unspecified atom stereocenters. The van der Waals surface area contributed by atoms with Crippen LogP contribution in [-0.2, 0) is 0 Å². The molecule has 2 rings (SSSR count). The molecule has 1 aliphatic rings. The molecular formula is C11H12FN3. The van der Waals surface area contributed by atoms with Crippen LogP contribution in [0.25, 0.3) is 0 Å². The second-order valence-electron chi connectivity index (χ2n) is 3.69. The van der Waals surface area contributed by atoms with Crippen LogP contribution in [0, 0.1) is 11.3 Å². The average molecular weight is 205 g/mol. The van der Waals surface area contributed by atoms with E-state index in [2.05, 4.69) is 11.1 Å². The SMILES string of the molecule is N#Cc1ccncc1N1CCC[C@H](F)C1. The Kier molecular flexibility index (Phi) is 2.82. The van der Waals surface area contributed by atoms with E-state index in [4.69, 9.17) is 5.26 Å². The lowest BCUT2D eigenvalue weighted by Gasteiger charge is -2.31. The highest BCUT2D eigenvalue weighted by Gasteiger charge is 2.21. The normalized spacial score (nSPS) is 21.1. The zero-order valence-corrected chi connectivity index (χ0v) is 8.36.